The first-order valence-electron chi connectivity index (χ1n) is 5.74. The van der Waals surface area contributed by atoms with Crippen LogP contribution in [0.15, 0.2) is 41.3 Å². The predicted molar refractivity (Wildman–Crippen MR) is 71.1 cm³/mol. The summed E-state index contributed by atoms with van der Waals surface area (Å²) in [6.07, 6.45) is 0. The van der Waals surface area contributed by atoms with Gasteiger partial charge in [0.25, 0.3) is 0 Å². The second-order valence-corrected chi connectivity index (χ2v) is 5.72. The van der Waals surface area contributed by atoms with Crippen LogP contribution in [0.3, 0.4) is 0 Å². The van der Waals surface area contributed by atoms with E-state index in [0.717, 1.165) is 17.8 Å². The first-order chi connectivity index (χ1) is 9.36. The normalized spacial score (nSPS) is 11.3. The Labute approximate surface area is 116 Å². The summed E-state index contributed by atoms with van der Waals surface area (Å²) in [7, 11) is -4.05. The number of rotatable bonds is 4. The SMILES string of the molecule is Cc1cccc(COc2ccc(F)cc2S(N)(=O)=O)n1. The van der Waals surface area contributed by atoms with Crippen molar-refractivity contribution in [3.05, 3.63) is 53.6 Å². The molecule has 0 aliphatic rings. The Morgan fingerprint density at radius 2 is 2.05 bits per heavy atom. The van der Waals surface area contributed by atoms with Crippen LogP contribution in [0, 0.1) is 12.7 Å². The summed E-state index contributed by atoms with van der Waals surface area (Å²) in [4.78, 5) is 3.83. The Kier molecular flexibility index (Phi) is 4.01. The van der Waals surface area contributed by atoms with Gasteiger partial charge in [0.2, 0.25) is 10.0 Å². The van der Waals surface area contributed by atoms with Crippen LogP contribution in [-0.4, -0.2) is 13.4 Å². The summed E-state index contributed by atoms with van der Waals surface area (Å²) in [5, 5.41) is 5.03. The van der Waals surface area contributed by atoms with E-state index < -0.39 is 15.8 Å². The highest BCUT2D eigenvalue weighted by molar-refractivity contribution is 7.89. The minimum absolute atomic E-state index is 0.00259. The standard InChI is InChI=1S/C13H13FN2O3S/c1-9-3-2-4-11(16-9)8-19-12-6-5-10(14)7-13(12)20(15,17)18/h2-7H,8H2,1H3,(H2,15,17,18). The molecule has 0 radical (unpaired) electrons. The zero-order valence-electron chi connectivity index (χ0n) is 10.7. The fourth-order valence-electron chi connectivity index (χ4n) is 1.66. The zero-order valence-corrected chi connectivity index (χ0v) is 11.5. The highest BCUT2D eigenvalue weighted by Gasteiger charge is 2.16. The van der Waals surface area contributed by atoms with Crippen molar-refractivity contribution in [1.82, 2.24) is 4.98 Å². The van der Waals surface area contributed by atoms with Gasteiger partial charge in [0.1, 0.15) is 23.1 Å². The smallest absolute Gasteiger partial charge is 0.241 e. The largest absolute Gasteiger partial charge is 0.486 e. The molecule has 0 saturated heterocycles. The second-order valence-electron chi connectivity index (χ2n) is 4.20. The van der Waals surface area contributed by atoms with E-state index in [9.17, 15) is 12.8 Å². The summed E-state index contributed by atoms with van der Waals surface area (Å²) >= 11 is 0. The molecule has 0 amide bonds. The third-order valence-electron chi connectivity index (χ3n) is 2.53. The highest BCUT2D eigenvalue weighted by atomic mass is 32.2. The Morgan fingerprint density at radius 3 is 2.70 bits per heavy atom. The van der Waals surface area contributed by atoms with Crippen LogP contribution in [0.1, 0.15) is 11.4 Å². The lowest BCUT2D eigenvalue weighted by atomic mass is 10.3. The van der Waals surface area contributed by atoms with Crippen molar-refractivity contribution < 1.29 is 17.5 Å². The van der Waals surface area contributed by atoms with Crippen LogP contribution in [0.25, 0.3) is 0 Å². The minimum Gasteiger partial charge on any atom is -0.486 e. The van der Waals surface area contributed by atoms with E-state index in [4.69, 9.17) is 9.88 Å². The van der Waals surface area contributed by atoms with Crippen molar-refractivity contribution in [1.29, 1.82) is 0 Å². The van der Waals surface area contributed by atoms with Crippen molar-refractivity contribution in [2.75, 3.05) is 0 Å². The monoisotopic (exact) mass is 296 g/mol. The molecule has 2 aromatic rings. The highest BCUT2D eigenvalue weighted by Crippen LogP contribution is 2.24. The number of aryl methyl sites for hydroxylation is 1. The molecule has 0 spiro atoms. The molecule has 0 aliphatic heterocycles. The Bertz CT molecular complexity index is 732. The van der Waals surface area contributed by atoms with Crippen LogP contribution in [-0.2, 0) is 16.6 Å². The number of hydrogen-bond acceptors (Lipinski definition) is 4. The first-order valence-corrected chi connectivity index (χ1v) is 7.28. The number of nitrogens with zero attached hydrogens (tertiary/aromatic N) is 1. The van der Waals surface area contributed by atoms with E-state index in [1.165, 1.54) is 6.07 Å². The topological polar surface area (TPSA) is 82.3 Å². The van der Waals surface area contributed by atoms with Gasteiger partial charge in [-0.05, 0) is 37.3 Å². The van der Waals surface area contributed by atoms with Crippen LogP contribution < -0.4 is 9.88 Å². The van der Waals surface area contributed by atoms with Crippen molar-refractivity contribution in [2.45, 2.75) is 18.4 Å². The maximum absolute atomic E-state index is 13.1. The maximum Gasteiger partial charge on any atom is 0.241 e. The van der Waals surface area contributed by atoms with Gasteiger partial charge >= 0.3 is 0 Å². The summed E-state index contributed by atoms with van der Waals surface area (Å²) in [5.41, 5.74) is 1.45. The Morgan fingerprint density at radius 1 is 1.30 bits per heavy atom. The summed E-state index contributed by atoms with van der Waals surface area (Å²) in [6.45, 7) is 1.90. The fourth-order valence-corrected chi connectivity index (χ4v) is 2.34. The van der Waals surface area contributed by atoms with E-state index in [-0.39, 0.29) is 17.3 Å². The third-order valence-corrected chi connectivity index (χ3v) is 3.47. The molecule has 1 heterocycles. The molecule has 2 N–H and O–H groups in total. The molecule has 106 valence electrons. The average Bonchev–Trinajstić information content (AvgIpc) is 2.36. The zero-order chi connectivity index (χ0) is 14.8. The molecular weight excluding hydrogens is 283 g/mol. The number of ether oxygens (including phenoxy) is 1. The van der Waals surface area contributed by atoms with Gasteiger partial charge in [0.05, 0.1) is 5.69 Å². The Balaban J connectivity index is 2.26. The number of nitrogens with two attached hydrogens (primary N) is 1. The lowest BCUT2D eigenvalue weighted by molar-refractivity contribution is 0.292. The van der Waals surface area contributed by atoms with Gasteiger partial charge in [0, 0.05) is 5.69 Å². The van der Waals surface area contributed by atoms with E-state index >= 15 is 0 Å². The summed E-state index contributed by atoms with van der Waals surface area (Å²) < 4.78 is 41.3. The molecule has 2 rings (SSSR count). The van der Waals surface area contributed by atoms with E-state index in [1.54, 1.807) is 6.07 Å². The molecule has 0 unspecified atom stereocenters. The molecule has 0 aliphatic carbocycles. The number of primary sulfonamides is 1. The van der Waals surface area contributed by atoms with Crippen molar-refractivity contribution in [3.63, 3.8) is 0 Å². The molecule has 0 bridgehead atoms. The number of pyridine rings is 1. The first kappa shape index (κ1) is 14.4. The van der Waals surface area contributed by atoms with Crippen LogP contribution in [0.4, 0.5) is 4.39 Å². The van der Waals surface area contributed by atoms with Crippen LogP contribution in [0.5, 0.6) is 5.75 Å². The van der Waals surface area contributed by atoms with Crippen molar-refractivity contribution in [3.8, 4) is 5.75 Å². The molecule has 5 nitrogen and oxygen atoms in total. The lowest BCUT2D eigenvalue weighted by Crippen LogP contribution is -2.14. The third kappa shape index (κ3) is 3.52. The van der Waals surface area contributed by atoms with E-state index in [0.29, 0.717) is 5.69 Å². The minimum atomic E-state index is -4.05. The van der Waals surface area contributed by atoms with Gasteiger partial charge < -0.3 is 4.74 Å². The number of hydrogen-bond donors (Lipinski definition) is 1. The Hall–Kier alpha value is -1.99. The molecule has 1 aromatic heterocycles. The van der Waals surface area contributed by atoms with Gasteiger partial charge in [0.15, 0.2) is 0 Å². The molecule has 7 heteroatoms. The number of halogens is 1. The summed E-state index contributed by atoms with van der Waals surface area (Å²) in [5.74, 6) is -0.702. The molecule has 1 aromatic carbocycles. The fraction of sp³-hybridized carbons (Fsp3) is 0.154. The number of benzene rings is 1. The lowest BCUT2D eigenvalue weighted by Gasteiger charge is -2.10. The van der Waals surface area contributed by atoms with Gasteiger partial charge in [-0.25, -0.2) is 17.9 Å². The van der Waals surface area contributed by atoms with Gasteiger partial charge in [-0.3, -0.25) is 4.98 Å². The summed E-state index contributed by atoms with van der Waals surface area (Å²) in [6, 6.07) is 8.55. The molecule has 0 atom stereocenters. The number of aromatic nitrogens is 1. The molecule has 0 fully saturated rings. The molecular formula is C13H13FN2O3S. The van der Waals surface area contributed by atoms with E-state index in [1.807, 2.05) is 19.1 Å². The maximum atomic E-state index is 13.1. The van der Waals surface area contributed by atoms with Gasteiger partial charge in [-0.1, -0.05) is 6.07 Å². The van der Waals surface area contributed by atoms with Crippen molar-refractivity contribution in [2.24, 2.45) is 5.14 Å². The van der Waals surface area contributed by atoms with Crippen LogP contribution >= 0.6 is 0 Å². The van der Waals surface area contributed by atoms with Crippen molar-refractivity contribution >= 4 is 10.0 Å². The average molecular weight is 296 g/mol. The number of sulfonamides is 1. The molecule has 20 heavy (non-hydrogen) atoms. The van der Waals surface area contributed by atoms with Gasteiger partial charge in [-0.15, -0.1) is 0 Å². The second kappa shape index (κ2) is 5.56. The molecule has 0 saturated carbocycles. The van der Waals surface area contributed by atoms with E-state index in [2.05, 4.69) is 4.98 Å². The van der Waals surface area contributed by atoms with Gasteiger partial charge in [-0.2, -0.15) is 0 Å². The quantitative estimate of drug-likeness (QED) is 0.932. The predicted octanol–water partition coefficient (Wildman–Crippen LogP) is 1.76. The van der Waals surface area contributed by atoms with Crippen LogP contribution in [0.2, 0.25) is 0 Å².